The van der Waals surface area contributed by atoms with Gasteiger partial charge < -0.3 is 10.4 Å². The lowest BCUT2D eigenvalue weighted by molar-refractivity contribution is 0.116. The molecule has 0 saturated heterocycles. The minimum absolute atomic E-state index is 0.150. The van der Waals surface area contributed by atoms with Crippen molar-refractivity contribution in [3.05, 3.63) is 23.5 Å². The van der Waals surface area contributed by atoms with Gasteiger partial charge in [-0.2, -0.15) is 0 Å². The van der Waals surface area contributed by atoms with E-state index in [-0.39, 0.29) is 12.1 Å². The molecule has 2 unspecified atom stereocenters. The zero-order valence-corrected chi connectivity index (χ0v) is 9.24. The lowest BCUT2D eigenvalue weighted by Gasteiger charge is -2.29. The summed E-state index contributed by atoms with van der Waals surface area (Å²) in [6, 6.07) is 3.80. The topological polar surface area (TPSA) is 45.1 Å². The SMILES string of the molecule is OC1CCCCC1Nc1ccnc(Cl)c1. The van der Waals surface area contributed by atoms with Crippen LogP contribution in [-0.4, -0.2) is 22.2 Å². The lowest BCUT2D eigenvalue weighted by Crippen LogP contribution is -2.36. The molecule has 1 saturated carbocycles. The molecule has 0 radical (unpaired) electrons. The van der Waals surface area contributed by atoms with Gasteiger partial charge in [0.25, 0.3) is 0 Å². The third kappa shape index (κ3) is 2.83. The molecule has 0 amide bonds. The average molecular weight is 227 g/mol. The van der Waals surface area contributed by atoms with Crippen LogP contribution in [0.1, 0.15) is 25.7 Å². The van der Waals surface area contributed by atoms with Crippen molar-refractivity contribution in [3.63, 3.8) is 0 Å². The monoisotopic (exact) mass is 226 g/mol. The van der Waals surface area contributed by atoms with Crippen LogP contribution in [0.3, 0.4) is 0 Å². The van der Waals surface area contributed by atoms with Gasteiger partial charge >= 0.3 is 0 Å². The van der Waals surface area contributed by atoms with Crippen molar-refractivity contribution in [2.45, 2.75) is 37.8 Å². The fraction of sp³-hybridized carbons (Fsp3) is 0.545. The van der Waals surface area contributed by atoms with Gasteiger partial charge in [0, 0.05) is 11.9 Å². The molecule has 1 aromatic heterocycles. The van der Waals surface area contributed by atoms with Gasteiger partial charge in [0.2, 0.25) is 0 Å². The van der Waals surface area contributed by atoms with Gasteiger partial charge in [0.15, 0.2) is 0 Å². The first-order valence-corrected chi connectivity index (χ1v) is 5.69. The molecular formula is C11H15ClN2O. The van der Waals surface area contributed by atoms with E-state index < -0.39 is 0 Å². The number of aliphatic hydroxyl groups is 1. The summed E-state index contributed by atoms with van der Waals surface area (Å²) in [5.41, 5.74) is 0.931. The Morgan fingerprint density at radius 1 is 1.40 bits per heavy atom. The molecule has 3 nitrogen and oxygen atoms in total. The first-order chi connectivity index (χ1) is 7.25. The zero-order valence-electron chi connectivity index (χ0n) is 8.49. The summed E-state index contributed by atoms with van der Waals surface area (Å²) in [6.45, 7) is 0. The molecule has 4 heteroatoms. The Bertz CT molecular complexity index is 332. The zero-order chi connectivity index (χ0) is 10.7. The highest BCUT2D eigenvalue weighted by molar-refractivity contribution is 6.29. The van der Waals surface area contributed by atoms with Crippen LogP contribution in [-0.2, 0) is 0 Å². The smallest absolute Gasteiger partial charge is 0.131 e. The van der Waals surface area contributed by atoms with Crippen LogP contribution in [0.25, 0.3) is 0 Å². The number of hydrogen-bond acceptors (Lipinski definition) is 3. The van der Waals surface area contributed by atoms with Crippen molar-refractivity contribution in [1.82, 2.24) is 4.98 Å². The second-order valence-electron chi connectivity index (χ2n) is 3.97. The van der Waals surface area contributed by atoms with Crippen molar-refractivity contribution in [1.29, 1.82) is 0 Å². The molecule has 1 fully saturated rings. The van der Waals surface area contributed by atoms with Crippen LogP contribution < -0.4 is 5.32 Å². The van der Waals surface area contributed by atoms with Crippen LogP contribution in [0.4, 0.5) is 5.69 Å². The highest BCUT2D eigenvalue weighted by Gasteiger charge is 2.22. The number of nitrogens with one attached hydrogen (secondary N) is 1. The molecule has 1 heterocycles. The largest absolute Gasteiger partial charge is 0.391 e. The van der Waals surface area contributed by atoms with E-state index in [0.717, 1.165) is 24.9 Å². The van der Waals surface area contributed by atoms with E-state index in [1.807, 2.05) is 6.07 Å². The van der Waals surface area contributed by atoms with Gasteiger partial charge in [-0.3, -0.25) is 0 Å². The molecule has 2 atom stereocenters. The third-order valence-electron chi connectivity index (χ3n) is 2.81. The summed E-state index contributed by atoms with van der Waals surface area (Å²) in [6.07, 6.45) is 5.62. The van der Waals surface area contributed by atoms with Crippen molar-refractivity contribution in [3.8, 4) is 0 Å². The summed E-state index contributed by atoms with van der Waals surface area (Å²) < 4.78 is 0. The molecule has 0 bridgehead atoms. The van der Waals surface area contributed by atoms with Crippen LogP contribution in [0.15, 0.2) is 18.3 Å². The molecule has 2 rings (SSSR count). The second-order valence-corrected chi connectivity index (χ2v) is 4.36. The average Bonchev–Trinajstić information content (AvgIpc) is 2.22. The maximum Gasteiger partial charge on any atom is 0.131 e. The number of aliphatic hydroxyl groups excluding tert-OH is 1. The van der Waals surface area contributed by atoms with Crippen LogP contribution >= 0.6 is 11.6 Å². The molecular weight excluding hydrogens is 212 g/mol. The fourth-order valence-electron chi connectivity index (χ4n) is 1.99. The van der Waals surface area contributed by atoms with E-state index >= 15 is 0 Å². The molecule has 0 spiro atoms. The van der Waals surface area contributed by atoms with Crippen LogP contribution in [0.5, 0.6) is 0 Å². The maximum absolute atomic E-state index is 9.79. The van der Waals surface area contributed by atoms with Crippen LogP contribution in [0.2, 0.25) is 5.15 Å². The van der Waals surface area contributed by atoms with Crippen molar-refractivity contribution >= 4 is 17.3 Å². The Labute approximate surface area is 94.5 Å². The second kappa shape index (κ2) is 4.81. The lowest BCUT2D eigenvalue weighted by atomic mass is 9.92. The van der Waals surface area contributed by atoms with Gasteiger partial charge in [-0.1, -0.05) is 24.4 Å². The Morgan fingerprint density at radius 2 is 2.20 bits per heavy atom. The van der Waals surface area contributed by atoms with Gasteiger partial charge in [0.05, 0.1) is 12.1 Å². The molecule has 1 aliphatic carbocycles. The van der Waals surface area contributed by atoms with Gasteiger partial charge in [0.1, 0.15) is 5.15 Å². The molecule has 0 aliphatic heterocycles. The number of rotatable bonds is 2. The van der Waals surface area contributed by atoms with Crippen LogP contribution in [0, 0.1) is 0 Å². The first kappa shape index (κ1) is 10.7. The minimum atomic E-state index is -0.245. The Balaban J connectivity index is 2.01. The fourth-order valence-corrected chi connectivity index (χ4v) is 2.16. The summed E-state index contributed by atoms with van der Waals surface area (Å²) in [4.78, 5) is 3.91. The number of nitrogens with zero attached hydrogens (tertiary/aromatic N) is 1. The van der Waals surface area contributed by atoms with Gasteiger partial charge in [-0.25, -0.2) is 4.98 Å². The quantitative estimate of drug-likeness (QED) is 0.762. The number of hydrogen-bond donors (Lipinski definition) is 2. The van der Waals surface area contributed by atoms with Crippen molar-refractivity contribution in [2.24, 2.45) is 0 Å². The first-order valence-electron chi connectivity index (χ1n) is 5.32. The highest BCUT2D eigenvalue weighted by Crippen LogP contribution is 2.22. The molecule has 15 heavy (non-hydrogen) atoms. The normalized spacial score (nSPS) is 26.3. The predicted molar refractivity (Wildman–Crippen MR) is 61.1 cm³/mol. The number of aromatic nitrogens is 1. The summed E-state index contributed by atoms with van der Waals surface area (Å²) in [5, 5.41) is 13.6. The molecule has 1 aromatic rings. The van der Waals surface area contributed by atoms with Gasteiger partial charge in [-0.05, 0) is 25.0 Å². The summed E-state index contributed by atoms with van der Waals surface area (Å²) >= 11 is 5.79. The Hall–Kier alpha value is -0.800. The van der Waals surface area contributed by atoms with Gasteiger partial charge in [-0.15, -0.1) is 0 Å². The molecule has 0 aromatic carbocycles. The molecule has 1 aliphatic rings. The summed E-state index contributed by atoms with van der Waals surface area (Å²) in [7, 11) is 0. The number of pyridine rings is 1. The maximum atomic E-state index is 9.79. The Kier molecular flexibility index (Phi) is 3.44. The minimum Gasteiger partial charge on any atom is -0.391 e. The summed E-state index contributed by atoms with van der Waals surface area (Å²) in [5.74, 6) is 0. The van der Waals surface area contributed by atoms with E-state index in [0.29, 0.717) is 5.15 Å². The number of anilines is 1. The van der Waals surface area contributed by atoms with Crippen molar-refractivity contribution in [2.75, 3.05) is 5.32 Å². The van der Waals surface area contributed by atoms with E-state index in [1.54, 1.807) is 12.3 Å². The highest BCUT2D eigenvalue weighted by atomic mass is 35.5. The van der Waals surface area contributed by atoms with E-state index in [9.17, 15) is 5.11 Å². The van der Waals surface area contributed by atoms with E-state index in [1.165, 1.54) is 6.42 Å². The standard InChI is InChI=1S/C11H15ClN2O/c12-11-7-8(5-6-13-11)14-9-3-1-2-4-10(9)15/h5-7,9-10,15H,1-4H2,(H,13,14). The van der Waals surface area contributed by atoms with Crippen molar-refractivity contribution < 1.29 is 5.11 Å². The third-order valence-corrected chi connectivity index (χ3v) is 3.01. The van der Waals surface area contributed by atoms with E-state index in [4.69, 9.17) is 11.6 Å². The predicted octanol–water partition coefficient (Wildman–Crippen LogP) is 2.45. The Morgan fingerprint density at radius 3 is 2.93 bits per heavy atom. The van der Waals surface area contributed by atoms with E-state index in [2.05, 4.69) is 10.3 Å². The molecule has 2 N–H and O–H groups in total. The molecule has 82 valence electrons. The number of halogens is 1.